The van der Waals surface area contributed by atoms with Crippen molar-refractivity contribution in [3.8, 4) is 0 Å². The smallest absolute Gasteiger partial charge is 0.0679 e. The molecule has 1 aliphatic heterocycles. The lowest BCUT2D eigenvalue weighted by atomic mass is 9.93. The van der Waals surface area contributed by atoms with Crippen LogP contribution in [0.25, 0.3) is 0 Å². The minimum Gasteiger partial charge on any atom is -0.381 e. The molecule has 14 heavy (non-hydrogen) atoms. The summed E-state index contributed by atoms with van der Waals surface area (Å²) in [5.74, 6) is 0.552. The monoisotopic (exact) mass is 192 g/mol. The second kappa shape index (κ2) is 3.39. The van der Waals surface area contributed by atoms with E-state index in [1.807, 2.05) is 0 Å². The molecule has 3 nitrogen and oxygen atoms in total. The van der Waals surface area contributed by atoms with Crippen molar-refractivity contribution < 1.29 is 4.74 Å². The summed E-state index contributed by atoms with van der Waals surface area (Å²) in [5.41, 5.74) is 1.23. The van der Waals surface area contributed by atoms with Gasteiger partial charge in [0.1, 0.15) is 0 Å². The predicted octanol–water partition coefficient (Wildman–Crippen LogP) is 2.11. The molecule has 76 valence electrons. The minimum atomic E-state index is 0.552. The van der Waals surface area contributed by atoms with Crippen LogP contribution in [0.15, 0.2) is 12.3 Å². The van der Waals surface area contributed by atoms with Gasteiger partial charge in [-0.2, -0.15) is 5.10 Å². The molecule has 2 aliphatic rings. The molecule has 1 aromatic heterocycles. The fourth-order valence-electron chi connectivity index (χ4n) is 2.19. The Hall–Kier alpha value is -0.830. The van der Waals surface area contributed by atoms with Crippen LogP contribution in [0.3, 0.4) is 0 Å². The second-order valence-electron chi connectivity index (χ2n) is 4.37. The second-order valence-corrected chi connectivity index (χ2v) is 4.37. The van der Waals surface area contributed by atoms with Crippen molar-refractivity contribution in [1.29, 1.82) is 0 Å². The Kier molecular flexibility index (Phi) is 2.05. The van der Waals surface area contributed by atoms with Gasteiger partial charge in [-0.15, -0.1) is 0 Å². The average Bonchev–Trinajstić information content (AvgIpc) is 2.65. The molecule has 3 rings (SSSR count). The Bertz CT molecular complexity index is 311. The maximum Gasteiger partial charge on any atom is 0.0679 e. The number of rotatable bonds is 2. The summed E-state index contributed by atoms with van der Waals surface area (Å²) >= 11 is 0. The van der Waals surface area contributed by atoms with Crippen molar-refractivity contribution in [3.63, 3.8) is 0 Å². The highest BCUT2D eigenvalue weighted by molar-refractivity contribution is 5.08. The van der Waals surface area contributed by atoms with E-state index in [4.69, 9.17) is 4.74 Å². The van der Waals surface area contributed by atoms with Gasteiger partial charge in [-0.05, 0) is 31.7 Å². The minimum absolute atomic E-state index is 0.552. The molecule has 1 aromatic rings. The molecule has 0 amide bonds. The third-order valence-corrected chi connectivity index (χ3v) is 3.43. The summed E-state index contributed by atoms with van der Waals surface area (Å²) in [5, 5.41) is 4.65. The van der Waals surface area contributed by atoms with Gasteiger partial charge in [-0.3, -0.25) is 4.68 Å². The van der Waals surface area contributed by atoms with Gasteiger partial charge >= 0.3 is 0 Å². The molecule has 1 saturated heterocycles. The van der Waals surface area contributed by atoms with Gasteiger partial charge in [0.05, 0.1) is 18.3 Å². The van der Waals surface area contributed by atoms with Crippen LogP contribution >= 0.6 is 0 Å². The summed E-state index contributed by atoms with van der Waals surface area (Å²) in [4.78, 5) is 0. The molecular weight excluding hydrogens is 176 g/mol. The maximum atomic E-state index is 5.37. The average molecular weight is 192 g/mol. The number of hydrogen-bond acceptors (Lipinski definition) is 2. The highest BCUT2D eigenvalue weighted by Crippen LogP contribution is 2.32. The SMILES string of the molecule is c1cn(C2CCC2)nc1[C@@H]1CCOC1. The first-order valence-electron chi connectivity index (χ1n) is 5.56. The van der Waals surface area contributed by atoms with Gasteiger partial charge in [-0.25, -0.2) is 0 Å². The quantitative estimate of drug-likeness (QED) is 0.717. The summed E-state index contributed by atoms with van der Waals surface area (Å²) in [6.07, 6.45) is 7.26. The zero-order chi connectivity index (χ0) is 9.38. The Labute approximate surface area is 84.1 Å². The molecule has 2 heterocycles. The third-order valence-electron chi connectivity index (χ3n) is 3.43. The summed E-state index contributed by atoms with van der Waals surface area (Å²) in [7, 11) is 0. The molecule has 0 radical (unpaired) electrons. The summed E-state index contributed by atoms with van der Waals surface area (Å²) < 4.78 is 7.52. The Morgan fingerprint density at radius 2 is 2.29 bits per heavy atom. The largest absolute Gasteiger partial charge is 0.381 e. The highest BCUT2D eigenvalue weighted by atomic mass is 16.5. The lowest BCUT2D eigenvalue weighted by Gasteiger charge is -2.25. The van der Waals surface area contributed by atoms with Crippen LogP contribution in [0.1, 0.15) is 43.3 Å². The van der Waals surface area contributed by atoms with Gasteiger partial charge in [0.25, 0.3) is 0 Å². The van der Waals surface area contributed by atoms with Gasteiger partial charge in [0.2, 0.25) is 0 Å². The molecule has 0 unspecified atom stereocenters. The maximum absolute atomic E-state index is 5.37. The zero-order valence-electron chi connectivity index (χ0n) is 8.35. The molecule has 1 atom stereocenters. The molecule has 1 saturated carbocycles. The number of hydrogen-bond donors (Lipinski definition) is 0. The van der Waals surface area contributed by atoms with Crippen molar-refractivity contribution in [3.05, 3.63) is 18.0 Å². The molecule has 0 spiro atoms. The molecule has 1 aliphatic carbocycles. The Morgan fingerprint density at radius 3 is 2.93 bits per heavy atom. The molecule has 2 fully saturated rings. The van der Waals surface area contributed by atoms with Gasteiger partial charge < -0.3 is 4.74 Å². The molecule has 0 bridgehead atoms. The fraction of sp³-hybridized carbons (Fsp3) is 0.727. The predicted molar refractivity (Wildman–Crippen MR) is 53.3 cm³/mol. The Balaban J connectivity index is 1.75. The van der Waals surface area contributed by atoms with E-state index in [0.29, 0.717) is 12.0 Å². The van der Waals surface area contributed by atoms with E-state index in [1.165, 1.54) is 25.0 Å². The number of nitrogens with zero attached hydrogens (tertiary/aromatic N) is 2. The summed E-state index contributed by atoms with van der Waals surface area (Å²) in [6.45, 7) is 1.77. The van der Waals surface area contributed by atoms with Crippen LogP contribution in [0.4, 0.5) is 0 Å². The van der Waals surface area contributed by atoms with Crippen LogP contribution in [-0.4, -0.2) is 23.0 Å². The van der Waals surface area contributed by atoms with Crippen LogP contribution in [0.5, 0.6) is 0 Å². The normalized spacial score (nSPS) is 27.9. The van der Waals surface area contributed by atoms with E-state index in [-0.39, 0.29) is 0 Å². The third kappa shape index (κ3) is 1.36. The van der Waals surface area contributed by atoms with E-state index < -0.39 is 0 Å². The zero-order valence-corrected chi connectivity index (χ0v) is 8.35. The van der Waals surface area contributed by atoms with Gasteiger partial charge in [0.15, 0.2) is 0 Å². The Morgan fingerprint density at radius 1 is 1.36 bits per heavy atom. The molecule has 0 aromatic carbocycles. The molecule has 3 heteroatoms. The van der Waals surface area contributed by atoms with E-state index in [1.54, 1.807) is 0 Å². The highest BCUT2D eigenvalue weighted by Gasteiger charge is 2.23. The first-order chi connectivity index (χ1) is 6.93. The standard InChI is InChI=1S/C11H16N2O/c1-2-10(3-1)13-6-4-11(12-13)9-5-7-14-8-9/h4,6,9-10H,1-3,5,7-8H2/t9-/m1/s1. The lowest BCUT2D eigenvalue weighted by Crippen LogP contribution is -2.17. The van der Waals surface area contributed by atoms with E-state index in [0.717, 1.165) is 19.6 Å². The van der Waals surface area contributed by atoms with E-state index in [2.05, 4.69) is 22.0 Å². The van der Waals surface area contributed by atoms with Crippen molar-refractivity contribution in [1.82, 2.24) is 9.78 Å². The first kappa shape index (κ1) is 8.48. The molecular formula is C11H16N2O. The van der Waals surface area contributed by atoms with Crippen molar-refractivity contribution in [2.45, 2.75) is 37.6 Å². The first-order valence-corrected chi connectivity index (χ1v) is 5.56. The van der Waals surface area contributed by atoms with E-state index >= 15 is 0 Å². The van der Waals surface area contributed by atoms with E-state index in [9.17, 15) is 0 Å². The van der Waals surface area contributed by atoms with Crippen molar-refractivity contribution >= 4 is 0 Å². The van der Waals surface area contributed by atoms with Crippen molar-refractivity contribution in [2.24, 2.45) is 0 Å². The molecule has 0 N–H and O–H groups in total. The van der Waals surface area contributed by atoms with Crippen LogP contribution in [-0.2, 0) is 4.74 Å². The topological polar surface area (TPSA) is 27.1 Å². The van der Waals surface area contributed by atoms with Gasteiger partial charge in [0, 0.05) is 18.7 Å². The number of ether oxygens (including phenoxy) is 1. The van der Waals surface area contributed by atoms with Crippen LogP contribution < -0.4 is 0 Å². The van der Waals surface area contributed by atoms with Crippen LogP contribution in [0, 0.1) is 0 Å². The summed E-state index contributed by atoms with van der Waals surface area (Å²) in [6, 6.07) is 2.85. The fourth-order valence-corrected chi connectivity index (χ4v) is 2.19. The van der Waals surface area contributed by atoms with Crippen LogP contribution in [0.2, 0.25) is 0 Å². The van der Waals surface area contributed by atoms with Gasteiger partial charge in [-0.1, -0.05) is 0 Å². The lowest BCUT2D eigenvalue weighted by molar-refractivity contribution is 0.193. The number of aromatic nitrogens is 2. The van der Waals surface area contributed by atoms with Crippen molar-refractivity contribution in [2.75, 3.05) is 13.2 Å².